The molecule has 0 aliphatic rings. The van der Waals surface area contributed by atoms with Crippen LogP contribution in [0.2, 0.25) is 10.0 Å². The molecule has 3 amide bonds. The lowest BCUT2D eigenvalue weighted by Crippen LogP contribution is -2.29. The highest BCUT2D eigenvalue weighted by molar-refractivity contribution is 6.42. The summed E-state index contributed by atoms with van der Waals surface area (Å²) < 4.78 is 24.7. The van der Waals surface area contributed by atoms with Crippen LogP contribution in [0.15, 0.2) is 72.4 Å². The Morgan fingerprint density at radius 3 is 2.45 bits per heavy atom. The van der Waals surface area contributed by atoms with E-state index in [1.165, 1.54) is 48.7 Å². The van der Waals surface area contributed by atoms with E-state index in [1.807, 2.05) is 0 Å². The molecule has 0 aromatic heterocycles. The number of rotatable bonds is 14. The molecule has 42 heavy (non-hydrogen) atoms. The molecule has 12 heteroatoms. The van der Waals surface area contributed by atoms with Crippen LogP contribution in [0, 0.1) is 5.82 Å². The SMILES string of the molecule is C=CCc1cc(C=NNC(=O)CCNC(=O)c2ccc(Cl)c(Cl)c2)cc(OCC)c1OCC(=O)Nc1ccc(F)cc1. The number of hydrogen-bond acceptors (Lipinski definition) is 6. The van der Waals surface area contributed by atoms with Gasteiger partial charge in [0, 0.05) is 29.8 Å². The standard InChI is InChI=1S/C30H29Cl2FN4O5/c1-3-5-20-14-19(17-35-37-27(38)12-13-34-30(40)21-6-11-24(31)25(32)16-21)15-26(41-4-2)29(20)42-18-28(39)36-23-9-7-22(33)8-10-23/h3,6-11,14-17H,1,4-5,12-13,18H2,2H3,(H,34,40)(H,36,39)(H,37,38). The number of allylic oxidation sites excluding steroid dienone is 1. The molecule has 0 bridgehead atoms. The normalized spacial score (nSPS) is 10.7. The molecule has 0 atom stereocenters. The van der Waals surface area contributed by atoms with Crippen LogP contribution in [-0.4, -0.2) is 43.7 Å². The highest BCUT2D eigenvalue weighted by atomic mass is 35.5. The largest absolute Gasteiger partial charge is 0.490 e. The maximum Gasteiger partial charge on any atom is 0.262 e. The second-order valence-corrected chi connectivity index (χ2v) is 9.52. The van der Waals surface area contributed by atoms with Crippen LogP contribution in [0.4, 0.5) is 10.1 Å². The van der Waals surface area contributed by atoms with Crippen LogP contribution >= 0.6 is 23.2 Å². The highest BCUT2D eigenvalue weighted by Gasteiger charge is 2.15. The van der Waals surface area contributed by atoms with Gasteiger partial charge in [0.05, 0.1) is 22.9 Å². The van der Waals surface area contributed by atoms with E-state index < -0.39 is 23.5 Å². The summed E-state index contributed by atoms with van der Waals surface area (Å²) in [5.74, 6) is -0.903. The maximum absolute atomic E-state index is 13.1. The Bertz CT molecular complexity index is 1460. The lowest BCUT2D eigenvalue weighted by molar-refractivity contribution is -0.121. The zero-order valence-corrected chi connectivity index (χ0v) is 24.2. The van der Waals surface area contributed by atoms with E-state index in [9.17, 15) is 18.8 Å². The number of hydrogen-bond donors (Lipinski definition) is 3. The number of amides is 3. The van der Waals surface area contributed by atoms with Gasteiger partial charge in [0.15, 0.2) is 18.1 Å². The van der Waals surface area contributed by atoms with Gasteiger partial charge in [-0.15, -0.1) is 6.58 Å². The number of ether oxygens (including phenoxy) is 2. The monoisotopic (exact) mass is 614 g/mol. The van der Waals surface area contributed by atoms with Gasteiger partial charge in [0.2, 0.25) is 5.91 Å². The number of nitrogens with one attached hydrogen (secondary N) is 3. The van der Waals surface area contributed by atoms with Gasteiger partial charge in [-0.1, -0.05) is 29.3 Å². The summed E-state index contributed by atoms with van der Waals surface area (Å²) in [5, 5.41) is 9.86. The molecule has 0 spiro atoms. The fourth-order valence-electron chi connectivity index (χ4n) is 3.62. The first-order valence-electron chi connectivity index (χ1n) is 12.8. The first-order chi connectivity index (χ1) is 20.2. The summed E-state index contributed by atoms with van der Waals surface area (Å²) >= 11 is 11.8. The van der Waals surface area contributed by atoms with Gasteiger partial charge in [-0.05, 0) is 73.5 Å². The van der Waals surface area contributed by atoms with Gasteiger partial charge in [-0.25, -0.2) is 9.82 Å². The van der Waals surface area contributed by atoms with Crippen molar-refractivity contribution in [2.24, 2.45) is 5.10 Å². The second kappa shape index (κ2) is 16.1. The van der Waals surface area contributed by atoms with Gasteiger partial charge < -0.3 is 20.1 Å². The van der Waals surface area contributed by atoms with Gasteiger partial charge in [-0.2, -0.15) is 5.10 Å². The molecule has 3 aromatic rings. The number of carbonyl (C=O) groups excluding carboxylic acids is 3. The molecule has 220 valence electrons. The molecule has 3 rings (SSSR count). The third-order valence-electron chi connectivity index (χ3n) is 5.52. The predicted octanol–water partition coefficient (Wildman–Crippen LogP) is 5.55. The molecule has 9 nitrogen and oxygen atoms in total. The molecular weight excluding hydrogens is 586 g/mol. The lowest BCUT2D eigenvalue weighted by atomic mass is 10.1. The fraction of sp³-hybridized carbons (Fsp3) is 0.200. The number of benzene rings is 3. The average molecular weight is 615 g/mol. The number of anilines is 1. The summed E-state index contributed by atoms with van der Waals surface area (Å²) in [7, 11) is 0. The second-order valence-electron chi connectivity index (χ2n) is 8.70. The van der Waals surface area contributed by atoms with E-state index in [4.69, 9.17) is 32.7 Å². The van der Waals surface area contributed by atoms with Crippen molar-refractivity contribution in [1.82, 2.24) is 10.7 Å². The van der Waals surface area contributed by atoms with Crippen LogP contribution in [0.3, 0.4) is 0 Å². The fourth-order valence-corrected chi connectivity index (χ4v) is 3.92. The molecule has 0 saturated carbocycles. The molecule has 0 saturated heterocycles. The number of hydrazone groups is 1. The lowest BCUT2D eigenvalue weighted by Gasteiger charge is -2.16. The van der Waals surface area contributed by atoms with Crippen molar-refractivity contribution in [3.63, 3.8) is 0 Å². The minimum Gasteiger partial charge on any atom is -0.490 e. The first kappa shape index (κ1) is 32.1. The first-order valence-corrected chi connectivity index (χ1v) is 13.6. The van der Waals surface area contributed by atoms with E-state index in [2.05, 4.69) is 27.7 Å². The Morgan fingerprint density at radius 1 is 1.00 bits per heavy atom. The van der Waals surface area contributed by atoms with Crippen molar-refractivity contribution in [2.45, 2.75) is 19.8 Å². The smallest absolute Gasteiger partial charge is 0.262 e. The van der Waals surface area contributed by atoms with Crippen molar-refractivity contribution in [3.05, 3.63) is 99.8 Å². The highest BCUT2D eigenvalue weighted by Crippen LogP contribution is 2.33. The molecule has 0 fully saturated rings. The van der Waals surface area contributed by atoms with Crippen molar-refractivity contribution in [1.29, 1.82) is 0 Å². The van der Waals surface area contributed by atoms with E-state index in [-0.39, 0.29) is 24.6 Å². The van der Waals surface area contributed by atoms with E-state index >= 15 is 0 Å². The molecule has 3 N–H and O–H groups in total. The van der Waals surface area contributed by atoms with E-state index in [0.717, 1.165) is 0 Å². The molecule has 3 aromatic carbocycles. The van der Waals surface area contributed by atoms with Crippen LogP contribution in [-0.2, 0) is 16.0 Å². The summed E-state index contributed by atoms with van der Waals surface area (Å²) in [6, 6.07) is 13.3. The minimum atomic E-state index is -0.435. The predicted molar refractivity (Wildman–Crippen MR) is 161 cm³/mol. The molecule has 0 aliphatic carbocycles. The van der Waals surface area contributed by atoms with Crippen LogP contribution in [0.1, 0.15) is 34.8 Å². The Labute approximate surface area is 252 Å². The van der Waals surface area contributed by atoms with Gasteiger partial charge in [-0.3, -0.25) is 14.4 Å². The maximum atomic E-state index is 13.1. The third kappa shape index (κ3) is 9.90. The summed E-state index contributed by atoms with van der Waals surface area (Å²) in [6.07, 6.45) is 3.50. The third-order valence-corrected chi connectivity index (χ3v) is 6.26. The van der Waals surface area contributed by atoms with Crippen molar-refractivity contribution < 1.29 is 28.2 Å². The van der Waals surface area contributed by atoms with Crippen LogP contribution in [0.5, 0.6) is 11.5 Å². The molecule has 0 heterocycles. The Balaban J connectivity index is 1.58. The Kier molecular flexibility index (Phi) is 12.3. The average Bonchev–Trinajstić information content (AvgIpc) is 2.95. The number of carbonyl (C=O) groups is 3. The topological polar surface area (TPSA) is 118 Å². The van der Waals surface area contributed by atoms with Gasteiger partial charge in [0.25, 0.3) is 11.8 Å². The van der Waals surface area contributed by atoms with Crippen molar-refractivity contribution >= 4 is 52.8 Å². The molecular formula is C30H29Cl2FN4O5. The van der Waals surface area contributed by atoms with Crippen LogP contribution in [0.25, 0.3) is 0 Å². The zero-order valence-electron chi connectivity index (χ0n) is 22.7. The van der Waals surface area contributed by atoms with E-state index in [0.29, 0.717) is 51.9 Å². The number of nitrogens with zero attached hydrogens (tertiary/aromatic N) is 1. The summed E-state index contributed by atoms with van der Waals surface area (Å²) in [5.41, 5.74) is 4.46. The van der Waals surface area contributed by atoms with Crippen LogP contribution < -0.4 is 25.5 Å². The zero-order chi connectivity index (χ0) is 30.5. The number of halogens is 3. The molecule has 0 unspecified atom stereocenters. The summed E-state index contributed by atoms with van der Waals surface area (Å²) in [4.78, 5) is 36.8. The minimum absolute atomic E-state index is 0.0108. The Morgan fingerprint density at radius 2 is 1.76 bits per heavy atom. The van der Waals surface area contributed by atoms with Crippen molar-refractivity contribution in [2.75, 3.05) is 25.1 Å². The van der Waals surface area contributed by atoms with Gasteiger partial charge >= 0.3 is 0 Å². The van der Waals surface area contributed by atoms with Gasteiger partial charge in [0.1, 0.15) is 5.82 Å². The Hall–Kier alpha value is -4.41. The van der Waals surface area contributed by atoms with E-state index in [1.54, 1.807) is 25.1 Å². The summed E-state index contributed by atoms with van der Waals surface area (Å²) in [6.45, 7) is 5.68. The quantitative estimate of drug-likeness (QED) is 0.125. The molecule has 0 radical (unpaired) electrons. The van der Waals surface area contributed by atoms with Crippen molar-refractivity contribution in [3.8, 4) is 11.5 Å². The molecule has 0 aliphatic heterocycles.